The average molecular weight is 363 g/mol. The summed E-state index contributed by atoms with van der Waals surface area (Å²) in [6.07, 6.45) is 9.49. The van der Waals surface area contributed by atoms with Gasteiger partial charge in [-0.1, -0.05) is 43.2 Å². The first-order valence-corrected chi connectivity index (χ1v) is 9.83. The van der Waals surface area contributed by atoms with Crippen LogP contribution >= 0.6 is 12.4 Å². The van der Waals surface area contributed by atoms with E-state index in [0.29, 0.717) is 23.8 Å². The Morgan fingerprint density at radius 2 is 1.60 bits per heavy atom. The first kappa shape index (κ1) is 18.7. The number of fused-ring (bicyclic) bond motifs is 2. The molecule has 3 saturated carbocycles. The maximum Gasteiger partial charge on any atom is 0.223 e. The van der Waals surface area contributed by atoms with Gasteiger partial charge in [0.15, 0.2) is 0 Å². The highest BCUT2D eigenvalue weighted by Crippen LogP contribution is 2.43. The quantitative estimate of drug-likeness (QED) is 0.842. The second kappa shape index (κ2) is 8.09. The predicted molar refractivity (Wildman–Crippen MR) is 103 cm³/mol. The summed E-state index contributed by atoms with van der Waals surface area (Å²) in [7, 11) is 0. The van der Waals surface area contributed by atoms with Crippen LogP contribution < -0.4 is 11.1 Å². The van der Waals surface area contributed by atoms with Crippen LogP contribution in [0.2, 0.25) is 0 Å². The topological polar surface area (TPSA) is 55.1 Å². The molecule has 2 bridgehead atoms. The Kier molecular flexibility index (Phi) is 6.06. The van der Waals surface area contributed by atoms with Crippen molar-refractivity contribution in [3.05, 3.63) is 35.9 Å². The first-order chi connectivity index (χ1) is 11.7. The van der Waals surface area contributed by atoms with Crippen LogP contribution in [0, 0.1) is 23.7 Å². The van der Waals surface area contributed by atoms with Crippen molar-refractivity contribution in [3.8, 4) is 0 Å². The maximum absolute atomic E-state index is 13.0. The van der Waals surface area contributed by atoms with Gasteiger partial charge >= 0.3 is 0 Å². The lowest BCUT2D eigenvalue weighted by Gasteiger charge is -2.44. The molecule has 3 fully saturated rings. The predicted octanol–water partition coefficient (Wildman–Crippen LogP) is 4.22. The van der Waals surface area contributed by atoms with E-state index in [1.165, 1.54) is 44.1 Å². The van der Waals surface area contributed by atoms with E-state index in [1.54, 1.807) is 0 Å². The molecule has 25 heavy (non-hydrogen) atoms. The van der Waals surface area contributed by atoms with Gasteiger partial charge in [-0.3, -0.25) is 4.79 Å². The third kappa shape index (κ3) is 3.88. The summed E-state index contributed by atoms with van der Waals surface area (Å²) in [5.41, 5.74) is 7.65. The van der Waals surface area contributed by atoms with E-state index in [2.05, 4.69) is 29.6 Å². The average Bonchev–Trinajstić information content (AvgIpc) is 2.53. The number of nitrogens with one attached hydrogen (secondary N) is 1. The van der Waals surface area contributed by atoms with Crippen LogP contribution in [0.1, 0.15) is 63.0 Å². The van der Waals surface area contributed by atoms with Crippen molar-refractivity contribution >= 4 is 18.3 Å². The minimum Gasteiger partial charge on any atom is -0.349 e. The zero-order valence-corrected chi connectivity index (χ0v) is 15.7. The summed E-state index contributed by atoms with van der Waals surface area (Å²) in [6.45, 7) is 0. The van der Waals surface area contributed by atoms with Crippen LogP contribution in [0.25, 0.3) is 0 Å². The van der Waals surface area contributed by atoms with Crippen molar-refractivity contribution in [1.82, 2.24) is 5.32 Å². The molecule has 1 aromatic carbocycles. The van der Waals surface area contributed by atoms with E-state index >= 15 is 0 Å². The molecule has 3 aliphatic rings. The molecule has 0 aromatic heterocycles. The first-order valence-electron chi connectivity index (χ1n) is 9.83. The van der Waals surface area contributed by atoms with Gasteiger partial charge in [0.25, 0.3) is 0 Å². The summed E-state index contributed by atoms with van der Waals surface area (Å²) in [6, 6.07) is 11.1. The number of carbonyl (C=O) groups is 1. The van der Waals surface area contributed by atoms with Crippen LogP contribution in [0.15, 0.2) is 30.3 Å². The second-order valence-corrected chi connectivity index (χ2v) is 8.28. The van der Waals surface area contributed by atoms with Gasteiger partial charge in [-0.15, -0.1) is 12.4 Å². The highest BCUT2D eigenvalue weighted by atomic mass is 35.5. The van der Waals surface area contributed by atoms with Gasteiger partial charge in [0.05, 0.1) is 6.04 Å². The monoisotopic (exact) mass is 362 g/mol. The fourth-order valence-electron chi connectivity index (χ4n) is 5.18. The van der Waals surface area contributed by atoms with Gasteiger partial charge in [0, 0.05) is 12.0 Å². The summed E-state index contributed by atoms with van der Waals surface area (Å²) < 4.78 is 0. The third-order valence-electron chi connectivity index (χ3n) is 6.86. The Labute approximate surface area is 157 Å². The fraction of sp³-hybridized carbons (Fsp3) is 0.667. The van der Waals surface area contributed by atoms with Crippen molar-refractivity contribution in [1.29, 1.82) is 0 Å². The molecule has 3 nitrogen and oxygen atoms in total. The molecule has 1 aromatic rings. The Balaban J connectivity index is 0.00000182. The van der Waals surface area contributed by atoms with E-state index in [9.17, 15) is 4.79 Å². The second-order valence-electron chi connectivity index (χ2n) is 8.28. The lowest BCUT2D eigenvalue weighted by atomic mass is 9.65. The van der Waals surface area contributed by atoms with Crippen molar-refractivity contribution in [2.24, 2.45) is 29.4 Å². The van der Waals surface area contributed by atoms with Gasteiger partial charge in [0.1, 0.15) is 0 Å². The molecule has 4 rings (SSSR count). The number of benzene rings is 1. The molecule has 0 aliphatic heterocycles. The lowest BCUT2D eigenvalue weighted by Crippen LogP contribution is -2.50. The zero-order chi connectivity index (χ0) is 16.5. The van der Waals surface area contributed by atoms with Crippen LogP contribution in [-0.2, 0) is 4.79 Å². The summed E-state index contributed by atoms with van der Waals surface area (Å²) >= 11 is 0. The van der Waals surface area contributed by atoms with Gasteiger partial charge in [-0.2, -0.15) is 0 Å². The number of hydrogen-bond donors (Lipinski definition) is 2. The molecule has 3 atom stereocenters. The van der Waals surface area contributed by atoms with Gasteiger partial charge in [-0.05, 0) is 61.8 Å². The Hall–Kier alpha value is -1.06. The zero-order valence-electron chi connectivity index (χ0n) is 14.9. The Bertz CT molecular complexity index is 561. The number of hydrogen-bond acceptors (Lipinski definition) is 2. The molecule has 0 saturated heterocycles. The van der Waals surface area contributed by atoms with Gasteiger partial charge < -0.3 is 11.1 Å². The molecule has 0 radical (unpaired) electrons. The van der Waals surface area contributed by atoms with Crippen molar-refractivity contribution in [3.63, 3.8) is 0 Å². The van der Waals surface area contributed by atoms with E-state index in [4.69, 9.17) is 5.73 Å². The van der Waals surface area contributed by atoms with Crippen LogP contribution in [0.5, 0.6) is 0 Å². The third-order valence-corrected chi connectivity index (χ3v) is 6.86. The molecular weight excluding hydrogens is 332 g/mol. The standard InChI is InChI=1S/C21H30N2O.ClH/c22-19-16-10-5-11-17(19)13-18(12-16)21(24)23-20(15-8-4-9-15)14-6-2-1-3-7-14;/h1-3,6-7,15-20H,4-5,8-13,22H2,(H,23,24);1H. The Morgan fingerprint density at radius 1 is 1.00 bits per heavy atom. The smallest absolute Gasteiger partial charge is 0.223 e. The summed E-state index contributed by atoms with van der Waals surface area (Å²) in [5.74, 6) is 2.19. The fourth-order valence-corrected chi connectivity index (χ4v) is 5.18. The molecule has 3 unspecified atom stereocenters. The largest absolute Gasteiger partial charge is 0.349 e. The van der Waals surface area contributed by atoms with Gasteiger partial charge in [-0.25, -0.2) is 0 Å². The summed E-state index contributed by atoms with van der Waals surface area (Å²) in [4.78, 5) is 13.0. The number of amides is 1. The highest BCUT2D eigenvalue weighted by Gasteiger charge is 2.41. The molecule has 4 heteroatoms. The number of nitrogens with two attached hydrogens (primary N) is 1. The molecule has 3 N–H and O–H groups in total. The van der Waals surface area contributed by atoms with Gasteiger partial charge in [0.2, 0.25) is 5.91 Å². The molecular formula is C21H31ClN2O. The van der Waals surface area contributed by atoms with Crippen molar-refractivity contribution in [2.45, 2.75) is 63.5 Å². The van der Waals surface area contributed by atoms with Crippen LogP contribution in [0.4, 0.5) is 0 Å². The minimum atomic E-state index is 0. The SMILES string of the molecule is Cl.NC1C2CCCC1CC(C(=O)NC(c1ccccc1)C1CCC1)C2. The molecule has 0 spiro atoms. The van der Waals surface area contributed by atoms with Crippen LogP contribution in [-0.4, -0.2) is 11.9 Å². The van der Waals surface area contributed by atoms with E-state index in [0.717, 1.165) is 12.8 Å². The van der Waals surface area contributed by atoms with Crippen molar-refractivity contribution < 1.29 is 4.79 Å². The lowest BCUT2D eigenvalue weighted by molar-refractivity contribution is -0.129. The summed E-state index contributed by atoms with van der Waals surface area (Å²) in [5, 5.41) is 3.43. The van der Waals surface area contributed by atoms with E-state index in [-0.39, 0.29) is 30.3 Å². The number of carbonyl (C=O) groups excluding carboxylic acids is 1. The van der Waals surface area contributed by atoms with E-state index < -0.39 is 0 Å². The molecule has 0 heterocycles. The molecule has 1 amide bonds. The molecule has 138 valence electrons. The highest BCUT2D eigenvalue weighted by molar-refractivity contribution is 5.85. The molecule has 3 aliphatic carbocycles. The normalized spacial score (nSPS) is 32.8. The number of halogens is 1. The Morgan fingerprint density at radius 3 is 2.16 bits per heavy atom. The van der Waals surface area contributed by atoms with E-state index in [1.807, 2.05) is 6.07 Å². The minimum absolute atomic E-state index is 0. The number of rotatable bonds is 4. The van der Waals surface area contributed by atoms with Crippen LogP contribution in [0.3, 0.4) is 0 Å². The maximum atomic E-state index is 13.0. The van der Waals surface area contributed by atoms with Crippen molar-refractivity contribution in [2.75, 3.05) is 0 Å².